The Morgan fingerprint density at radius 2 is 1.74 bits per heavy atom. The second-order valence-electron chi connectivity index (χ2n) is 9.89. The molecule has 0 fully saturated rings. The molecule has 0 aliphatic rings. The minimum Gasteiger partial charge on any atom is -0.374 e. The molecular formula is C30H23F5N6OS. The molecule has 7 nitrogen and oxygen atoms in total. The lowest BCUT2D eigenvalue weighted by Crippen LogP contribution is -2.23. The number of hydrogen-bond acceptors (Lipinski definition) is 7. The Bertz CT molecular complexity index is 1950. The van der Waals surface area contributed by atoms with Crippen molar-refractivity contribution in [1.29, 1.82) is 0 Å². The molecule has 3 N–H and O–H groups in total. The third-order valence-corrected chi connectivity index (χ3v) is 8.08. The zero-order valence-electron chi connectivity index (χ0n) is 22.5. The molecule has 0 aliphatic carbocycles. The van der Waals surface area contributed by atoms with E-state index in [0.29, 0.717) is 11.8 Å². The van der Waals surface area contributed by atoms with Gasteiger partial charge in [-0.2, -0.15) is 13.2 Å². The maximum absolute atomic E-state index is 13.6. The maximum Gasteiger partial charge on any atom is 0.417 e. The molecule has 0 amide bonds. The Labute approximate surface area is 245 Å². The normalized spacial score (nSPS) is 12.7. The number of pyridine rings is 2. The first kappa shape index (κ1) is 28.6. The Morgan fingerprint density at radius 1 is 0.907 bits per heavy atom. The van der Waals surface area contributed by atoms with Gasteiger partial charge in [-0.25, -0.2) is 18.7 Å². The van der Waals surface area contributed by atoms with E-state index in [-0.39, 0.29) is 24.5 Å². The summed E-state index contributed by atoms with van der Waals surface area (Å²) in [6.45, 7) is 0.0990. The van der Waals surface area contributed by atoms with Gasteiger partial charge in [-0.15, -0.1) is 11.3 Å². The van der Waals surface area contributed by atoms with Crippen LogP contribution in [-0.4, -0.2) is 24.6 Å². The Kier molecular flexibility index (Phi) is 7.54. The Morgan fingerprint density at radius 3 is 2.53 bits per heavy atom. The zero-order chi connectivity index (χ0) is 30.3. The number of nitrogens with one attached hydrogen (secondary N) is 2. The number of aryl methyl sites for hydroxylation is 1. The standard InChI is InChI=1S/C30H23F5N6OS/c1-41-15-40-25-14-36-24-6-3-17(9-20(24)27(25)41)26-7-4-19(43-26)13-38-28-21(10-18(12-37-28)30(33,34)35)29(42)39-11-16-2-5-22(31)23(32)8-16/h2-10,12,14-15,29,39,42H,11,13H2,1H3,(H,37,38). The first-order chi connectivity index (χ1) is 20.6. The zero-order valence-corrected chi connectivity index (χ0v) is 23.3. The second kappa shape index (κ2) is 11.3. The van der Waals surface area contributed by atoms with Crippen LogP contribution in [0.3, 0.4) is 0 Å². The van der Waals surface area contributed by atoms with E-state index in [1.54, 1.807) is 12.5 Å². The van der Waals surface area contributed by atoms with Gasteiger partial charge >= 0.3 is 6.18 Å². The summed E-state index contributed by atoms with van der Waals surface area (Å²) in [5.41, 5.74) is 2.71. The SMILES string of the molecule is Cn1cnc2cnc3ccc(-c4ccc(CNc5ncc(C(F)(F)F)cc5C(O)NCc5ccc(F)c(F)c5)s4)cc3c21. The van der Waals surface area contributed by atoms with E-state index >= 15 is 0 Å². The third-order valence-electron chi connectivity index (χ3n) is 6.94. The predicted molar refractivity (Wildman–Crippen MR) is 154 cm³/mol. The van der Waals surface area contributed by atoms with Gasteiger partial charge in [0.15, 0.2) is 11.6 Å². The van der Waals surface area contributed by atoms with Crippen molar-refractivity contribution in [3.63, 3.8) is 0 Å². The van der Waals surface area contributed by atoms with E-state index in [2.05, 4.69) is 31.7 Å². The molecule has 2 aromatic carbocycles. The lowest BCUT2D eigenvalue weighted by Gasteiger charge is -2.19. The summed E-state index contributed by atoms with van der Waals surface area (Å²) in [7, 11) is 1.93. The van der Waals surface area contributed by atoms with Crippen molar-refractivity contribution < 1.29 is 27.1 Å². The number of nitrogens with zero attached hydrogens (tertiary/aromatic N) is 4. The Hall–Kier alpha value is -4.46. The average molecular weight is 611 g/mol. The van der Waals surface area contributed by atoms with Crippen molar-refractivity contribution in [2.75, 3.05) is 5.32 Å². The van der Waals surface area contributed by atoms with E-state index in [0.717, 1.165) is 55.5 Å². The highest BCUT2D eigenvalue weighted by Crippen LogP contribution is 2.35. The van der Waals surface area contributed by atoms with Gasteiger partial charge in [0.1, 0.15) is 17.6 Å². The second-order valence-corrected chi connectivity index (χ2v) is 11.1. The summed E-state index contributed by atoms with van der Waals surface area (Å²) in [6.07, 6.45) is -2.09. The molecule has 4 heterocycles. The van der Waals surface area contributed by atoms with Crippen LogP contribution in [0.25, 0.3) is 32.4 Å². The number of aromatic nitrogens is 4. The highest BCUT2D eigenvalue weighted by Gasteiger charge is 2.32. The molecule has 0 radical (unpaired) electrons. The monoisotopic (exact) mass is 610 g/mol. The Balaban J connectivity index is 1.22. The molecule has 0 saturated heterocycles. The highest BCUT2D eigenvalue weighted by atomic mass is 32.1. The van der Waals surface area contributed by atoms with Crippen LogP contribution < -0.4 is 10.6 Å². The van der Waals surface area contributed by atoms with Gasteiger partial charge in [-0.1, -0.05) is 12.1 Å². The van der Waals surface area contributed by atoms with E-state index in [4.69, 9.17) is 0 Å². The number of benzene rings is 2. The lowest BCUT2D eigenvalue weighted by molar-refractivity contribution is -0.137. The lowest BCUT2D eigenvalue weighted by atomic mass is 10.1. The number of imidazole rings is 1. The fraction of sp³-hybridized carbons (Fsp3) is 0.167. The number of hydrogen-bond donors (Lipinski definition) is 3. The molecule has 4 aromatic heterocycles. The van der Waals surface area contributed by atoms with Crippen molar-refractivity contribution in [1.82, 2.24) is 24.8 Å². The molecule has 0 spiro atoms. The number of aliphatic hydroxyl groups is 1. The van der Waals surface area contributed by atoms with Gasteiger partial charge in [-0.05, 0) is 53.6 Å². The largest absolute Gasteiger partial charge is 0.417 e. The minimum atomic E-state index is -4.68. The number of alkyl halides is 3. The van der Waals surface area contributed by atoms with Crippen molar-refractivity contribution in [3.8, 4) is 10.4 Å². The van der Waals surface area contributed by atoms with Crippen molar-refractivity contribution in [2.45, 2.75) is 25.5 Å². The average Bonchev–Trinajstić information content (AvgIpc) is 3.62. The molecule has 1 atom stereocenters. The van der Waals surface area contributed by atoms with Gasteiger partial charge in [0.25, 0.3) is 0 Å². The first-order valence-corrected chi connectivity index (χ1v) is 13.8. The van der Waals surface area contributed by atoms with Crippen LogP contribution in [0.5, 0.6) is 0 Å². The van der Waals surface area contributed by atoms with Crippen LogP contribution in [-0.2, 0) is 26.3 Å². The van der Waals surface area contributed by atoms with E-state index < -0.39 is 29.6 Å². The van der Waals surface area contributed by atoms with Gasteiger partial charge in [0.2, 0.25) is 0 Å². The molecule has 13 heteroatoms. The molecule has 6 aromatic rings. The van der Waals surface area contributed by atoms with E-state index in [1.165, 1.54) is 17.4 Å². The van der Waals surface area contributed by atoms with E-state index in [1.807, 2.05) is 35.9 Å². The number of fused-ring (bicyclic) bond motifs is 3. The first-order valence-electron chi connectivity index (χ1n) is 13.0. The summed E-state index contributed by atoms with van der Waals surface area (Å²) < 4.78 is 69.1. The number of thiophene rings is 1. The molecule has 1 unspecified atom stereocenters. The minimum absolute atomic E-state index is 0.0450. The van der Waals surface area contributed by atoms with Crippen LogP contribution >= 0.6 is 11.3 Å². The van der Waals surface area contributed by atoms with Crippen molar-refractivity contribution in [2.24, 2.45) is 7.05 Å². The highest BCUT2D eigenvalue weighted by molar-refractivity contribution is 7.15. The summed E-state index contributed by atoms with van der Waals surface area (Å²) in [5, 5.41) is 17.4. The number of rotatable bonds is 8. The van der Waals surface area contributed by atoms with Crippen LogP contribution in [0.4, 0.5) is 27.8 Å². The molecule has 0 aliphatic heterocycles. The fourth-order valence-electron chi connectivity index (χ4n) is 4.76. The quantitative estimate of drug-likeness (QED) is 0.128. The van der Waals surface area contributed by atoms with Crippen LogP contribution in [0, 0.1) is 11.6 Å². The molecule has 43 heavy (non-hydrogen) atoms. The maximum atomic E-state index is 13.6. The molecule has 0 saturated carbocycles. The third kappa shape index (κ3) is 5.91. The molecular weight excluding hydrogens is 587 g/mol. The van der Waals surface area contributed by atoms with Crippen LogP contribution in [0.15, 0.2) is 73.3 Å². The topological polar surface area (TPSA) is 87.9 Å². The number of aliphatic hydroxyl groups excluding tert-OH is 1. The molecule has 6 rings (SSSR count). The van der Waals surface area contributed by atoms with Gasteiger partial charge in [0, 0.05) is 40.5 Å². The van der Waals surface area contributed by atoms with Gasteiger partial charge in [0.05, 0.1) is 35.7 Å². The number of anilines is 1. The summed E-state index contributed by atoms with van der Waals surface area (Å²) in [6, 6.07) is 13.8. The van der Waals surface area contributed by atoms with Crippen molar-refractivity contribution in [3.05, 3.63) is 107 Å². The fourth-order valence-corrected chi connectivity index (χ4v) is 5.70. The van der Waals surface area contributed by atoms with Crippen LogP contribution in [0.1, 0.15) is 27.8 Å². The summed E-state index contributed by atoms with van der Waals surface area (Å²) >= 11 is 1.50. The van der Waals surface area contributed by atoms with Crippen LogP contribution in [0.2, 0.25) is 0 Å². The summed E-state index contributed by atoms with van der Waals surface area (Å²) in [5.74, 6) is -2.06. The molecule has 0 bridgehead atoms. The van der Waals surface area contributed by atoms with Gasteiger partial charge < -0.3 is 15.0 Å². The predicted octanol–water partition coefficient (Wildman–Crippen LogP) is 6.93. The number of halogens is 5. The van der Waals surface area contributed by atoms with Gasteiger partial charge in [-0.3, -0.25) is 10.3 Å². The molecule has 220 valence electrons. The smallest absolute Gasteiger partial charge is 0.374 e. The van der Waals surface area contributed by atoms with E-state index in [9.17, 15) is 27.1 Å². The van der Waals surface area contributed by atoms with Crippen molar-refractivity contribution >= 4 is 39.1 Å². The summed E-state index contributed by atoms with van der Waals surface area (Å²) in [4.78, 5) is 14.7.